The highest BCUT2D eigenvalue weighted by Crippen LogP contribution is 2.12. The average molecular weight is 162 g/mol. The van der Waals surface area contributed by atoms with Crippen molar-refractivity contribution in [3.05, 3.63) is 35.5 Å². The fourth-order valence-corrected chi connectivity index (χ4v) is 1.37. The van der Waals surface area contributed by atoms with Gasteiger partial charge in [0.05, 0.1) is 0 Å². The van der Waals surface area contributed by atoms with Crippen LogP contribution in [0.15, 0.2) is 35.5 Å². The third-order valence-electron chi connectivity index (χ3n) is 2.24. The molecule has 0 aromatic heterocycles. The van der Waals surface area contributed by atoms with Gasteiger partial charge in [0.1, 0.15) is 0 Å². The molecule has 1 rings (SSSR count). The van der Waals surface area contributed by atoms with Crippen molar-refractivity contribution in [1.82, 2.24) is 0 Å². The summed E-state index contributed by atoms with van der Waals surface area (Å²) in [5, 5.41) is 0. The summed E-state index contributed by atoms with van der Waals surface area (Å²) in [6.45, 7) is 4.43. The van der Waals surface area contributed by atoms with Crippen molar-refractivity contribution in [2.24, 2.45) is 0 Å². The maximum atomic E-state index is 2.35. The van der Waals surface area contributed by atoms with E-state index < -0.39 is 0 Å². The third kappa shape index (κ3) is 3.56. The third-order valence-corrected chi connectivity index (χ3v) is 2.24. The van der Waals surface area contributed by atoms with E-state index in [0.717, 1.165) is 12.8 Å². The van der Waals surface area contributed by atoms with Crippen LogP contribution in [0, 0.1) is 0 Å². The van der Waals surface area contributed by atoms with Crippen LogP contribution in [0.3, 0.4) is 0 Å². The van der Waals surface area contributed by atoms with E-state index in [1.807, 2.05) is 0 Å². The van der Waals surface area contributed by atoms with Gasteiger partial charge in [0.25, 0.3) is 0 Å². The molecule has 0 amide bonds. The lowest BCUT2D eigenvalue weighted by molar-refractivity contribution is 0.946. The molecule has 1 aliphatic rings. The zero-order valence-electron chi connectivity index (χ0n) is 8.14. The summed E-state index contributed by atoms with van der Waals surface area (Å²) in [5.41, 5.74) is 3.02. The maximum Gasteiger partial charge on any atom is -0.0141 e. The fourth-order valence-electron chi connectivity index (χ4n) is 1.37. The van der Waals surface area contributed by atoms with Gasteiger partial charge in [0, 0.05) is 0 Å². The fraction of sp³-hybridized carbons (Fsp3) is 0.500. The molecular formula is C12H18. The first kappa shape index (κ1) is 9.31. The maximum absolute atomic E-state index is 2.35. The molecule has 0 aromatic rings. The molecule has 0 fully saturated rings. The highest BCUT2D eigenvalue weighted by molar-refractivity contribution is 5.10. The van der Waals surface area contributed by atoms with Crippen LogP contribution >= 0.6 is 0 Å². The van der Waals surface area contributed by atoms with E-state index in [0.29, 0.717) is 0 Å². The second-order valence-corrected chi connectivity index (χ2v) is 3.55. The van der Waals surface area contributed by atoms with Crippen LogP contribution in [0.4, 0.5) is 0 Å². The topological polar surface area (TPSA) is 0 Å². The molecule has 0 saturated heterocycles. The minimum atomic E-state index is 1.11. The second-order valence-electron chi connectivity index (χ2n) is 3.55. The predicted molar refractivity (Wildman–Crippen MR) is 55.1 cm³/mol. The van der Waals surface area contributed by atoms with Crippen molar-refractivity contribution in [2.75, 3.05) is 0 Å². The summed E-state index contributed by atoms with van der Waals surface area (Å²) in [5.74, 6) is 0. The van der Waals surface area contributed by atoms with Crippen LogP contribution in [0.25, 0.3) is 0 Å². The normalized spacial score (nSPS) is 31.2. The highest BCUT2D eigenvalue weighted by atomic mass is 14.0. The molecule has 0 heterocycles. The molecule has 0 atom stereocenters. The van der Waals surface area contributed by atoms with Crippen molar-refractivity contribution < 1.29 is 0 Å². The summed E-state index contributed by atoms with van der Waals surface area (Å²) in [4.78, 5) is 0. The number of allylic oxidation sites excluding steroid dienone is 6. The zero-order chi connectivity index (χ0) is 8.81. The van der Waals surface area contributed by atoms with Gasteiger partial charge in [-0.3, -0.25) is 0 Å². The summed E-state index contributed by atoms with van der Waals surface area (Å²) in [6, 6.07) is 0. The first-order valence-corrected chi connectivity index (χ1v) is 4.75. The van der Waals surface area contributed by atoms with Gasteiger partial charge in [-0.1, -0.05) is 35.5 Å². The minimum Gasteiger partial charge on any atom is -0.0850 e. The largest absolute Gasteiger partial charge is 0.0850 e. The Labute approximate surface area is 75.7 Å². The molecule has 0 aromatic carbocycles. The number of rotatable bonds is 0. The lowest BCUT2D eigenvalue weighted by Crippen LogP contribution is -1.81. The van der Waals surface area contributed by atoms with Crippen LogP contribution < -0.4 is 0 Å². The van der Waals surface area contributed by atoms with Crippen LogP contribution in [0.1, 0.15) is 39.5 Å². The van der Waals surface area contributed by atoms with E-state index in [9.17, 15) is 0 Å². The zero-order valence-corrected chi connectivity index (χ0v) is 8.14. The molecule has 0 heteroatoms. The van der Waals surface area contributed by atoms with Crippen LogP contribution in [0.5, 0.6) is 0 Å². The molecule has 0 nitrogen and oxygen atoms in total. The Hall–Kier alpha value is -0.780. The monoisotopic (exact) mass is 162 g/mol. The summed E-state index contributed by atoms with van der Waals surface area (Å²) < 4.78 is 0. The summed E-state index contributed by atoms with van der Waals surface area (Å²) >= 11 is 0. The van der Waals surface area contributed by atoms with Gasteiger partial charge < -0.3 is 0 Å². The number of hydrogen-bond donors (Lipinski definition) is 0. The van der Waals surface area contributed by atoms with E-state index in [4.69, 9.17) is 0 Å². The Bertz CT molecular complexity index is 216. The van der Waals surface area contributed by atoms with Gasteiger partial charge >= 0.3 is 0 Å². The van der Waals surface area contributed by atoms with Gasteiger partial charge in [0.15, 0.2) is 0 Å². The molecule has 0 bridgehead atoms. The summed E-state index contributed by atoms with van der Waals surface area (Å²) in [6.07, 6.45) is 13.9. The molecule has 0 unspecified atom stereocenters. The van der Waals surface area contributed by atoms with Crippen LogP contribution in [-0.4, -0.2) is 0 Å². The van der Waals surface area contributed by atoms with Crippen molar-refractivity contribution in [3.63, 3.8) is 0 Å². The molecule has 66 valence electrons. The van der Waals surface area contributed by atoms with Crippen LogP contribution in [-0.2, 0) is 0 Å². The first-order chi connectivity index (χ1) is 5.79. The Morgan fingerprint density at radius 1 is 1.00 bits per heavy atom. The molecular weight excluding hydrogens is 144 g/mol. The lowest BCUT2D eigenvalue weighted by atomic mass is 10.1. The molecule has 0 radical (unpaired) electrons. The van der Waals surface area contributed by atoms with Crippen molar-refractivity contribution in [3.8, 4) is 0 Å². The molecule has 0 aliphatic heterocycles. The van der Waals surface area contributed by atoms with Gasteiger partial charge in [-0.25, -0.2) is 0 Å². The van der Waals surface area contributed by atoms with Crippen molar-refractivity contribution in [2.45, 2.75) is 39.5 Å². The Morgan fingerprint density at radius 3 is 2.67 bits per heavy atom. The van der Waals surface area contributed by atoms with Gasteiger partial charge in [-0.2, -0.15) is 0 Å². The van der Waals surface area contributed by atoms with Crippen molar-refractivity contribution in [1.29, 1.82) is 0 Å². The van der Waals surface area contributed by atoms with Crippen molar-refractivity contribution >= 4 is 0 Å². The SMILES string of the molecule is C/C1=C\CC/C(C)=C/C/C=C/C1. The summed E-state index contributed by atoms with van der Waals surface area (Å²) in [7, 11) is 0. The molecule has 12 heavy (non-hydrogen) atoms. The van der Waals surface area contributed by atoms with Gasteiger partial charge in [-0.15, -0.1) is 0 Å². The average Bonchev–Trinajstić information content (AvgIpc) is 2.04. The predicted octanol–water partition coefficient (Wildman–Crippen LogP) is 4.01. The molecule has 0 spiro atoms. The molecule has 0 saturated carbocycles. The Kier molecular flexibility index (Phi) is 3.86. The van der Waals surface area contributed by atoms with E-state index in [2.05, 4.69) is 38.2 Å². The molecule has 0 N–H and O–H groups in total. The molecule has 1 aliphatic carbocycles. The standard InChI is InChI=1S/C12H18/c1-11-7-4-3-5-8-12(2)10-6-9-11/h3-4,8-9H,5-7,10H2,1-2H3/b4-3+,11-9+,12-8+. The Balaban J connectivity index is 2.59. The van der Waals surface area contributed by atoms with E-state index in [1.165, 1.54) is 24.0 Å². The van der Waals surface area contributed by atoms with E-state index in [-0.39, 0.29) is 0 Å². The van der Waals surface area contributed by atoms with E-state index >= 15 is 0 Å². The second kappa shape index (κ2) is 4.97. The highest BCUT2D eigenvalue weighted by Gasteiger charge is 1.91. The van der Waals surface area contributed by atoms with Gasteiger partial charge in [0.2, 0.25) is 0 Å². The Morgan fingerprint density at radius 2 is 1.83 bits per heavy atom. The van der Waals surface area contributed by atoms with Gasteiger partial charge in [-0.05, 0) is 39.5 Å². The minimum absolute atomic E-state index is 1.11. The van der Waals surface area contributed by atoms with Crippen LogP contribution in [0.2, 0.25) is 0 Å². The lowest BCUT2D eigenvalue weighted by Gasteiger charge is -2.01. The quantitative estimate of drug-likeness (QED) is 0.472. The van der Waals surface area contributed by atoms with E-state index in [1.54, 1.807) is 0 Å². The smallest absolute Gasteiger partial charge is 0.0141 e. The first-order valence-electron chi connectivity index (χ1n) is 4.75. The number of hydrogen-bond acceptors (Lipinski definition) is 0.